The van der Waals surface area contributed by atoms with Crippen molar-refractivity contribution in [2.45, 2.75) is 18.6 Å². The molecule has 5 heteroatoms. The lowest BCUT2D eigenvalue weighted by Crippen LogP contribution is -2.37. The molecule has 1 aliphatic heterocycles. The minimum absolute atomic E-state index is 0.0690. The molecule has 0 spiro atoms. The second-order valence-corrected chi connectivity index (χ2v) is 3.08. The van der Waals surface area contributed by atoms with E-state index in [0.29, 0.717) is 6.42 Å². The van der Waals surface area contributed by atoms with Crippen molar-refractivity contribution in [1.29, 1.82) is 0 Å². The highest BCUT2D eigenvalue weighted by molar-refractivity contribution is 9.18. The van der Waals surface area contributed by atoms with E-state index in [1.807, 2.05) is 0 Å². The summed E-state index contributed by atoms with van der Waals surface area (Å²) in [4.78, 5) is 4.87. The number of rotatable bonds is 2. The Kier molecular flexibility index (Phi) is 2.64. The zero-order valence-electron chi connectivity index (χ0n) is 5.33. The summed E-state index contributed by atoms with van der Waals surface area (Å²) in [6.07, 6.45) is 0.487. The number of oxime groups is 1. The maximum atomic E-state index is 8.61. The summed E-state index contributed by atoms with van der Waals surface area (Å²) in [5, 5.41) is 12.2. The highest BCUT2D eigenvalue weighted by atomic mass is 79.9. The summed E-state index contributed by atoms with van der Waals surface area (Å²) in [5.74, 6) is 0. The maximum Gasteiger partial charge on any atom is 0.151 e. The summed E-state index contributed by atoms with van der Waals surface area (Å²) in [6.45, 7) is -0.0690. The Balaban J connectivity index is 2.34. The van der Waals surface area contributed by atoms with Crippen molar-refractivity contribution in [3.05, 3.63) is 0 Å². The van der Waals surface area contributed by atoms with Gasteiger partial charge in [0.1, 0.15) is 4.62 Å². The fraction of sp³-hybridized carbons (Fsp3) is 0.800. The quantitative estimate of drug-likeness (QED) is 0.661. The van der Waals surface area contributed by atoms with Crippen molar-refractivity contribution < 1.29 is 9.94 Å². The van der Waals surface area contributed by atoms with Crippen molar-refractivity contribution in [2.24, 2.45) is 10.9 Å². The molecule has 10 heavy (non-hydrogen) atoms. The molecular formula is C5H9BrN2O2. The van der Waals surface area contributed by atoms with Gasteiger partial charge in [0.15, 0.2) is 6.10 Å². The number of hydrogen-bond acceptors (Lipinski definition) is 4. The van der Waals surface area contributed by atoms with Crippen LogP contribution in [0.5, 0.6) is 0 Å². The van der Waals surface area contributed by atoms with Crippen LogP contribution in [-0.4, -0.2) is 28.5 Å². The first-order valence-electron chi connectivity index (χ1n) is 2.98. The Bertz CT molecular complexity index is 151. The number of hydrogen-bond donors (Lipinski definition) is 2. The first-order valence-corrected chi connectivity index (χ1v) is 3.78. The van der Waals surface area contributed by atoms with E-state index in [2.05, 4.69) is 21.1 Å². The average Bonchev–Trinajstić information content (AvgIpc) is 2.34. The van der Waals surface area contributed by atoms with Crippen LogP contribution in [0.15, 0.2) is 5.16 Å². The van der Waals surface area contributed by atoms with Gasteiger partial charge in [0.2, 0.25) is 0 Å². The molecule has 0 aromatic heterocycles. The number of aliphatic hydroxyl groups is 1. The minimum Gasteiger partial charge on any atom is -0.395 e. The molecule has 0 radical (unpaired) electrons. The van der Waals surface area contributed by atoms with Crippen LogP contribution in [-0.2, 0) is 4.84 Å². The first kappa shape index (κ1) is 7.97. The SMILES string of the molecule is NC(CO)C1CC(Br)=NO1. The van der Waals surface area contributed by atoms with Crippen LogP contribution in [0, 0.1) is 0 Å². The predicted molar refractivity (Wildman–Crippen MR) is 40.9 cm³/mol. The van der Waals surface area contributed by atoms with Crippen LogP contribution < -0.4 is 5.73 Å². The van der Waals surface area contributed by atoms with Crippen LogP contribution in [0.1, 0.15) is 6.42 Å². The second kappa shape index (κ2) is 3.32. The zero-order chi connectivity index (χ0) is 7.56. The third-order valence-electron chi connectivity index (χ3n) is 1.35. The lowest BCUT2D eigenvalue weighted by Gasteiger charge is -2.13. The molecule has 0 fully saturated rings. The van der Waals surface area contributed by atoms with E-state index in [4.69, 9.17) is 15.7 Å². The van der Waals surface area contributed by atoms with E-state index in [-0.39, 0.29) is 18.8 Å². The smallest absolute Gasteiger partial charge is 0.151 e. The van der Waals surface area contributed by atoms with E-state index < -0.39 is 0 Å². The molecule has 4 nitrogen and oxygen atoms in total. The van der Waals surface area contributed by atoms with Crippen LogP contribution >= 0.6 is 15.9 Å². The third kappa shape index (κ3) is 1.68. The average molecular weight is 209 g/mol. The van der Waals surface area contributed by atoms with E-state index >= 15 is 0 Å². The van der Waals surface area contributed by atoms with E-state index in [9.17, 15) is 0 Å². The number of nitrogens with two attached hydrogens (primary N) is 1. The molecule has 1 aliphatic rings. The van der Waals surface area contributed by atoms with Crippen molar-refractivity contribution in [2.75, 3.05) is 6.61 Å². The molecule has 0 amide bonds. The molecule has 0 saturated heterocycles. The largest absolute Gasteiger partial charge is 0.395 e. The van der Waals surface area contributed by atoms with Crippen LogP contribution in [0.25, 0.3) is 0 Å². The van der Waals surface area contributed by atoms with Crippen LogP contribution in [0.4, 0.5) is 0 Å². The Morgan fingerprint density at radius 1 is 2.00 bits per heavy atom. The molecule has 1 heterocycles. The Hall–Kier alpha value is -0.130. The van der Waals surface area contributed by atoms with Gasteiger partial charge in [-0.1, -0.05) is 5.16 Å². The molecular weight excluding hydrogens is 200 g/mol. The van der Waals surface area contributed by atoms with E-state index in [0.717, 1.165) is 4.62 Å². The Labute approximate surface area is 67.2 Å². The molecule has 2 atom stereocenters. The molecule has 58 valence electrons. The third-order valence-corrected chi connectivity index (χ3v) is 1.81. The Morgan fingerprint density at radius 3 is 3.10 bits per heavy atom. The summed E-state index contributed by atoms with van der Waals surface area (Å²) >= 11 is 3.16. The van der Waals surface area contributed by atoms with Crippen molar-refractivity contribution in [3.63, 3.8) is 0 Å². The standard InChI is InChI=1S/C5H9BrN2O2/c6-5-1-4(10-8-5)3(7)2-9/h3-4,9H,1-2,7H2. The highest BCUT2D eigenvalue weighted by Gasteiger charge is 2.25. The van der Waals surface area contributed by atoms with Gasteiger partial charge in [-0.3, -0.25) is 0 Å². The molecule has 0 bridgehead atoms. The van der Waals surface area contributed by atoms with Crippen LogP contribution in [0.2, 0.25) is 0 Å². The summed E-state index contributed by atoms with van der Waals surface area (Å²) < 4.78 is 0.751. The topological polar surface area (TPSA) is 67.8 Å². The highest BCUT2D eigenvalue weighted by Crippen LogP contribution is 2.15. The molecule has 3 N–H and O–H groups in total. The molecule has 0 saturated carbocycles. The van der Waals surface area contributed by atoms with Crippen molar-refractivity contribution >= 4 is 20.6 Å². The fourth-order valence-corrected chi connectivity index (χ4v) is 1.12. The molecule has 0 aromatic carbocycles. The van der Waals surface area contributed by atoms with Crippen LogP contribution in [0.3, 0.4) is 0 Å². The normalized spacial score (nSPS) is 27.5. The molecule has 0 aliphatic carbocycles. The van der Waals surface area contributed by atoms with Gasteiger partial charge in [0.25, 0.3) is 0 Å². The van der Waals surface area contributed by atoms with Gasteiger partial charge in [-0.2, -0.15) is 0 Å². The fourth-order valence-electron chi connectivity index (χ4n) is 0.713. The summed E-state index contributed by atoms with van der Waals surface area (Å²) in [5.41, 5.74) is 5.47. The van der Waals surface area contributed by atoms with Gasteiger partial charge in [0, 0.05) is 6.42 Å². The van der Waals surface area contributed by atoms with Crippen molar-refractivity contribution in [3.8, 4) is 0 Å². The Morgan fingerprint density at radius 2 is 2.70 bits per heavy atom. The van der Waals surface area contributed by atoms with E-state index in [1.54, 1.807) is 0 Å². The lowest BCUT2D eigenvalue weighted by molar-refractivity contribution is 0.0484. The van der Waals surface area contributed by atoms with Gasteiger partial charge in [-0.15, -0.1) is 0 Å². The van der Waals surface area contributed by atoms with Gasteiger partial charge in [0.05, 0.1) is 12.6 Å². The summed E-state index contributed by atoms with van der Waals surface area (Å²) in [6, 6.07) is -0.334. The van der Waals surface area contributed by atoms with E-state index in [1.165, 1.54) is 0 Å². The number of aliphatic hydroxyl groups excluding tert-OH is 1. The number of nitrogens with zero attached hydrogens (tertiary/aromatic N) is 1. The van der Waals surface area contributed by atoms with Gasteiger partial charge in [-0.25, -0.2) is 0 Å². The van der Waals surface area contributed by atoms with Gasteiger partial charge >= 0.3 is 0 Å². The van der Waals surface area contributed by atoms with Crippen molar-refractivity contribution in [1.82, 2.24) is 0 Å². The number of halogens is 1. The van der Waals surface area contributed by atoms with Gasteiger partial charge < -0.3 is 15.7 Å². The second-order valence-electron chi connectivity index (χ2n) is 2.16. The molecule has 1 rings (SSSR count). The lowest BCUT2D eigenvalue weighted by atomic mass is 10.1. The monoisotopic (exact) mass is 208 g/mol. The minimum atomic E-state index is -0.334. The molecule has 2 unspecified atom stereocenters. The van der Waals surface area contributed by atoms with Gasteiger partial charge in [-0.05, 0) is 15.9 Å². The first-order chi connectivity index (χ1) is 4.74. The maximum absolute atomic E-state index is 8.61. The summed E-state index contributed by atoms with van der Waals surface area (Å²) in [7, 11) is 0. The predicted octanol–water partition coefficient (Wildman–Crippen LogP) is -0.197. The molecule has 0 aromatic rings. The zero-order valence-corrected chi connectivity index (χ0v) is 6.91.